The number of benzene rings is 2. The Kier molecular flexibility index (Phi) is 8.52. The standard InChI is InChI=1S/C23H22FN5O4S/c1-2-12-29-19(10-11-25-21(31)17-8-3-4-9-18(17)24)27-28-23(29)34-14-20(30)26-16-7-5-6-15(13-16)22(32)33/h2-9,13H,1,10-12,14H2,(H,25,31)(H,26,30)(H,32,33). The van der Waals surface area contributed by atoms with Crippen LogP contribution in [0.1, 0.15) is 26.5 Å². The number of hydrogen-bond donors (Lipinski definition) is 3. The number of aromatic carboxylic acids is 1. The number of nitrogens with zero attached hydrogens (tertiary/aromatic N) is 3. The molecule has 0 bridgehead atoms. The molecule has 2 aromatic carbocycles. The summed E-state index contributed by atoms with van der Waals surface area (Å²) in [6.07, 6.45) is 2.00. The molecule has 0 unspecified atom stereocenters. The Balaban J connectivity index is 1.57. The summed E-state index contributed by atoms with van der Waals surface area (Å²) >= 11 is 1.16. The van der Waals surface area contributed by atoms with Crippen molar-refractivity contribution in [1.29, 1.82) is 0 Å². The van der Waals surface area contributed by atoms with Crippen LogP contribution < -0.4 is 10.6 Å². The lowest BCUT2D eigenvalue weighted by Gasteiger charge is -2.09. The first kappa shape index (κ1) is 24.6. The summed E-state index contributed by atoms with van der Waals surface area (Å²) in [5, 5.41) is 23.1. The van der Waals surface area contributed by atoms with Gasteiger partial charge in [0.2, 0.25) is 5.91 Å². The highest BCUT2D eigenvalue weighted by atomic mass is 32.2. The number of carboxylic acids is 1. The molecular weight excluding hydrogens is 461 g/mol. The Labute approximate surface area is 199 Å². The van der Waals surface area contributed by atoms with Gasteiger partial charge < -0.3 is 20.3 Å². The summed E-state index contributed by atoms with van der Waals surface area (Å²) in [6, 6.07) is 11.7. The molecule has 1 aromatic heterocycles. The van der Waals surface area contributed by atoms with Gasteiger partial charge in [-0.05, 0) is 30.3 Å². The van der Waals surface area contributed by atoms with Gasteiger partial charge in [0.15, 0.2) is 5.16 Å². The molecule has 0 spiro atoms. The van der Waals surface area contributed by atoms with E-state index >= 15 is 0 Å². The van der Waals surface area contributed by atoms with E-state index in [1.807, 2.05) is 0 Å². The Morgan fingerprint density at radius 2 is 1.94 bits per heavy atom. The van der Waals surface area contributed by atoms with Crippen molar-refractivity contribution in [2.24, 2.45) is 0 Å². The second kappa shape index (κ2) is 11.8. The molecule has 176 valence electrons. The number of rotatable bonds is 11. The molecule has 9 nitrogen and oxygen atoms in total. The first-order valence-corrected chi connectivity index (χ1v) is 11.2. The maximum Gasteiger partial charge on any atom is 0.335 e. The van der Waals surface area contributed by atoms with Crippen LogP contribution in [0, 0.1) is 5.82 Å². The monoisotopic (exact) mass is 483 g/mol. The van der Waals surface area contributed by atoms with Gasteiger partial charge >= 0.3 is 5.97 Å². The van der Waals surface area contributed by atoms with E-state index in [1.165, 1.54) is 30.3 Å². The first-order chi connectivity index (χ1) is 16.4. The molecule has 3 N–H and O–H groups in total. The van der Waals surface area contributed by atoms with Gasteiger partial charge in [0.25, 0.3) is 5.91 Å². The van der Waals surface area contributed by atoms with E-state index in [2.05, 4.69) is 27.4 Å². The molecule has 0 radical (unpaired) electrons. The highest BCUT2D eigenvalue weighted by molar-refractivity contribution is 7.99. The summed E-state index contributed by atoms with van der Waals surface area (Å²) in [5.74, 6) is -1.94. The fraction of sp³-hybridized carbons (Fsp3) is 0.174. The summed E-state index contributed by atoms with van der Waals surface area (Å²) in [4.78, 5) is 35.6. The molecule has 34 heavy (non-hydrogen) atoms. The third kappa shape index (κ3) is 6.51. The number of anilines is 1. The SMILES string of the molecule is C=CCn1c(CCNC(=O)c2ccccc2F)nnc1SCC(=O)Nc1cccc(C(=O)O)c1. The molecule has 0 atom stereocenters. The summed E-state index contributed by atoms with van der Waals surface area (Å²) in [6.45, 7) is 4.34. The number of aromatic nitrogens is 3. The van der Waals surface area contributed by atoms with Crippen LogP contribution in [0.15, 0.2) is 66.3 Å². The quantitative estimate of drug-likeness (QED) is 0.283. The lowest BCUT2D eigenvalue weighted by molar-refractivity contribution is -0.113. The van der Waals surface area contributed by atoms with Crippen LogP contribution in [0.4, 0.5) is 10.1 Å². The molecular formula is C23H22FN5O4S. The Bertz CT molecular complexity index is 1210. The van der Waals surface area contributed by atoms with E-state index in [4.69, 9.17) is 5.11 Å². The van der Waals surface area contributed by atoms with Crippen LogP contribution in [0.3, 0.4) is 0 Å². The highest BCUT2D eigenvalue weighted by Crippen LogP contribution is 2.19. The molecule has 0 saturated carbocycles. The second-order valence-corrected chi connectivity index (χ2v) is 7.95. The van der Waals surface area contributed by atoms with Gasteiger partial charge in [0.1, 0.15) is 11.6 Å². The molecule has 0 aliphatic heterocycles. The summed E-state index contributed by atoms with van der Waals surface area (Å²) in [5.41, 5.74) is 0.415. The molecule has 0 saturated heterocycles. The van der Waals surface area contributed by atoms with E-state index < -0.39 is 17.7 Å². The minimum atomic E-state index is -1.08. The van der Waals surface area contributed by atoms with E-state index in [1.54, 1.807) is 28.8 Å². The third-order valence-corrected chi connectivity index (χ3v) is 5.55. The number of halogens is 1. The molecule has 0 aliphatic carbocycles. The number of allylic oxidation sites excluding steroid dienone is 1. The molecule has 0 fully saturated rings. The van der Waals surface area contributed by atoms with Gasteiger partial charge in [-0.3, -0.25) is 9.59 Å². The Morgan fingerprint density at radius 3 is 2.68 bits per heavy atom. The van der Waals surface area contributed by atoms with Gasteiger partial charge in [-0.1, -0.05) is 36.0 Å². The van der Waals surface area contributed by atoms with Gasteiger partial charge in [-0.15, -0.1) is 16.8 Å². The van der Waals surface area contributed by atoms with Crippen LogP contribution in [0.5, 0.6) is 0 Å². The predicted molar refractivity (Wildman–Crippen MR) is 125 cm³/mol. The molecule has 0 aliphatic rings. The number of carboxylic acid groups (broad SMARTS) is 1. The number of thioether (sulfide) groups is 1. The average Bonchev–Trinajstić information content (AvgIpc) is 3.19. The van der Waals surface area contributed by atoms with Gasteiger partial charge in [-0.25, -0.2) is 9.18 Å². The molecule has 3 rings (SSSR count). The van der Waals surface area contributed by atoms with E-state index in [9.17, 15) is 18.8 Å². The van der Waals surface area contributed by atoms with Crippen molar-refractivity contribution in [2.75, 3.05) is 17.6 Å². The van der Waals surface area contributed by atoms with Crippen molar-refractivity contribution in [3.8, 4) is 0 Å². The largest absolute Gasteiger partial charge is 0.478 e. The van der Waals surface area contributed by atoms with Crippen LogP contribution in [0.25, 0.3) is 0 Å². The van der Waals surface area contributed by atoms with E-state index in [0.29, 0.717) is 29.6 Å². The molecule has 2 amide bonds. The zero-order valence-electron chi connectivity index (χ0n) is 18.0. The number of carbonyl (C=O) groups is 3. The lowest BCUT2D eigenvalue weighted by Crippen LogP contribution is -2.27. The summed E-state index contributed by atoms with van der Waals surface area (Å²) in [7, 11) is 0. The van der Waals surface area contributed by atoms with Gasteiger partial charge in [0, 0.05) is 25.2 Å². The van der Waals surface area contributed by atoms with Crippen molar-refractivity contribution in [1.82, 2.24) is 20.1 Å². The maximum absolute atomic E-state index is 13.7. The van der Waals surface area contributed by atoms with Crippen molar-refractivity contribution in [3.63, 3.8) is 0 Å². The minimum Gasteiger partial charge on any atom is -0.478 e. The molecule has 3 aromatic rings. The maximum atomic E-state index is 13.7. The van der Waals surface area contributed by atoms with Crippen molar-refractivity contribution in [3.05, 3.63) is 84.0 Å². The van der Waals surface area contributed by atoms with Crippen molar-refractivity contribution >= 4 is 35.2 Å². The number of nitrogens with one attached hydrogen (secondary N) is 2. The van der Waals surface area contributed by atoms with Crippen molar-refractivity contribution in [2.45, 2.75) is 18.1 Å². The Hall–Kier alpha value is -3.99. The van der Waals surface area contributed by atoms with Gasteiger partial charge in [-0.2, -0.15) is 0 Å². The number of amides is 2. The first-order valence-electron chi connectivity index (χ1n) is 10.2. The predicted octanol–water partition coefficient (Wildman–Crippen LogP) is 3.00. The average molecular weight is 484 g/mol. The molecule has 11 heteroatoms. The van der Waals surface area contributed by atoms with Crippen molar-refractivity contribution < 1.29 is 23.9 Å². The van der Waals surface area contributed by atoms with Crippen LogP contribution in [-0.4, -0.2) is 50.0 Å². The number of carbonyl (C=O) groups excluding carboxylic acids is 2. The Morgan fingerprint density at radius 1 is 1.15 bits per heavy atom. The smallest absolute Gasteiger partial charge is 0.335 e. The van der Waals surface area contributed by atoms with Crippen LogP contribution >= 0.6 is 11.8 Å². The topological polar surface area (TPSA) is 126 Å². The molecule has 1 heterocycles. The van der Waals surface area contributed by atoms with Gasteiger partial charge in [0.05, 0.1) is 16.9 Å². The third-order valence-electron chi connectivity index (χ3n) is 4.58. The zero-order chi connectivity index (χ0) is 24.5. The fourth-order valence-corrected chi connectivity index (χ4v) is 3.78. The highest BCUT2D eigenvalue weighted by Gasteiger charge is 2.15. The van der Waals surface area contributed by atoms with E-state index in [-0.39, 0.29) is 29.3 Å². The van der Waals surface area contributed by atoms with E-state index in [0.717, 1.165) is 11.8 Å². The van der Waals surface area contributed by atoms with Crippen LogP contribution in [0.2, 0.25) is 0 Å². The zero-order valence-corrected chi connectivity index (χ0v) is 18.8. The fourth-order valence-electron chi connectivity index (χ4n) is 3.01. The minimum absolute atomic E-state index is 0.0244. The number of hydrogen-bond acceptors (Lipinski definition) is 6. The summed E-state index contributed by atoms with van der Waals surface area (Å²) < 4.78 is 15.5. The van der Waals surface area contributed by atoms with Crippen LogP contribution in [-0.2, 0) is 17.8 Å². The normalized spacial score (nSPS) is 10.5. The lowest BCUT2D eigenvalue weighted by atomic mass is 10.2. The second-order valence-electron chi connectivity index (χ2n) is 7.01.